The predicted molar refractivity (Wildman–Crippen MR) is 154 cm³/mol. The molecule has 0 spiro atoms. The van der Waals surface area contributed by atoms with Crippen molar-refractivity contribution in [1.29, 1.82) is 0 Å². The number of halogens is 1. The summed E-state index contributed by atoms with van der Waals surface area (Å²) in [7, 11) is 1.46. The molecule has 0 radical (unpaired) electrons. The number of aromatic hydroxyl groups is 1. The van der Waals surface area contributed by atoms with Gasteiger partial charge in [-0.2, -0.15) is 5.10 Å². The number of carbonyl (C=O) groups is 1. The molecule has 0 saturated heterocycles. The molecule has 1 amide bonds. The van der Waals surface area contributed by atoms with Crippen LogP contribution in [0.2, 0.25) is 0 Å². The van der Waals surface area contributed by atoms with E-state index in [1.165, 1.54) is 30.6 Å². The predicted octanol–water partition coefficient (Wildman–Crippen LogP) is 5.95. The van der Waals surface area contributed by atoms with Crippen LogP contribution in [0, 0.1) is 0 Å². The van der Waals surface area contributed by atoms with Crippen LogP contribution in [0.25, 0.3) is 17.1 Å². The zero-order valence-corrected chi connectivity index (χ0v) is 23.9. The molecule has 4 rings (SSSR count). The maximum absolute atomic E-state index is 12.5. The van der Waals surface area contributed by atoms with Crippen LogP contribution in [0.3, 0.4) is 0 Å². The van der Waals surface area contributed by atoms with Crippen molar-refractivity contribution in [3.63, 3.8) is 0 Å². The van der Waals surface area contributed by atoms with Crippen molar-refractivity contribution in [1.82, 2.24) is 20.2 Å². The van der Waals surface area contributed by atoms with E-state index < -0.39 is 0 Å². The number of amides is 1. The zero-order valence-electron chi connectivity index (χ0n) is 21.5. The monoisotopic (exact) mass is 593 g/mol. The molecule has 0 aliphatic heterocycles. The van der Waals surface area contributed by atoms with Crippen LogP contribution in [0.1, 0.15) is 31.9 Å². The molecule has 0 bridgehead atoms. The summed E-state index contributed by atoms with van der Waals surface area (Å²) < 4.78 is 7.55. The fourth-order valence-electron chi connectivity index (χ4n) is 3.64. The first-order chi connectivity index (χ1) is 18.2. The first-order valence-corrected chi connectivity index (χ1v) is 13.6. The van der Waals surface area contributed by atoms with E-state index >= 15 is 0 Å². The number of para-hydroxylation sites is 1. The number of hydrazone groups is 1. The minimum atomic E-state index is -0.297. The Bertz CT molecular complexity index is 1450. The molecule has 4 aromatic rings. The number of rotatable bonds is 8. The standard InChI is InChI=1S/C28H28BrN5O3S/c1-28(2,3)20-12-10-19(11-13-20)26-32-33-27(34(26)21-8-6-5-7-9-21)38-17-24(35)31-30-16-18-14-22(29)25(36)23(15-18)37-4/h5-16,36H,17H2,1-4H3,(H,31,35)/b30-16-. The van der Waals surface area contributed by atoms with E-state index in [1.807, 2.05) is 34.9 Å². The third kappa shape index (κ3) is 6.43. The van der Waals surface area contributed by atoms with Gasteiger partial charge in [0.1, 0.15) is 0 Å². The molecule has 10 heteroatoms. The van der Waals surface area contributed by atoms with Gasteiger partial charge in [0.2, 0.25) is 0 Å². The number of aromatic nitrogens is 3. The van der Waals surface area contributed by atoms with Gasteiger partial charge >= 0.3 is 0 Å². The van der Waals surface area contributed by atoms with E-state index in [0.717, 1.165) is 11.3 Å². The molecular formula is C28H28BrN5O3S. The number of ether oxygens (including phenoxy) is 1. The van der Waals surface area contributed by atoms with E-state index in [0.29, 0.717) is 26.8 Å². The van der Waals surface area contributed by atoms with Gasteiger partial charge in [-0.05, 0) is 56.7 Å². The largest absolute Gasteiger partial charge is 0.503 e. The molecule has 8 nitrogen and oxygen atoms in total. The summed E-state index contributed by atoms with van der Waals surface area (Å²) in [6.07, 6.45) is 1.47. The highest BCUT2D eigenvalue weighted by Crippen LogP contribution is 2.35. The minimum Gasteiger partial charge on any atom is -0.503 e. The molecule has 2 N–H and O–H groups in total. The van der Waals surface area contributed by atoms with Gasteiger partial charge < -0.3 is 9.84 Å². The number of phenols is 1. The SMILES string of the molecule is COc1cc(/C=N\NC(=O)CSc2nnc(-c3ccc(C(C)(C)C)cc3)n2-c2ccccc2)cc(Br)c1O. The molecule has 0 aliphatic carbocycles. The summed E-state index contributed by atoms with van der Waals surface area (Å²) in [5.41, 5.74) is 6.29. The molecule has 3 aromatic carbocycles. The number of phenolic OH excluding ortho intramolecular Hbond substituents is 1. The zero-order chi connectivity index (χ0) is 27.3. The Morgan fingerprint density at radius 2 is 1.84 bits per heavy atom. The Kier molecular flexibility index (Phi) is 8.53. The quantitative estimate of drug-likeness (QED) is 0.149. The van der Waals surface area contributed by atoms with Crippen LogP contribution in [0.5, 0.6) is 11.5 Å². The Morgan fingerprint density at radius 3 is 2.50 bits per heavy atom. The van der Waals surface area contributed by atoms with Crippen LogP contribution < -0.4 is 10.2 Å². The van der Waals surface area contributed by atoms with Crippen LogP contribution in [0.4, 0.5) is 0 Å². The van der Waals surface area contributed by atoms with Crippen LogP contribution in [-0.2, 0) is 10.2 Å². The third-order valence-corrected chi connectivity index (χ3v) is 7.20. The van der Waals surface area contributed by atoms with Gasteiger partial charge in [0.15, 0.2) is 22.5 Å². The molecule has 38 heavy (non-hydrogen) atoms. The smallest absolute Gasteiger partial charge is 0.250 e. The molecule has 0 atom stereocenters. The molecule has 196 valence electrons. The maximum Gasteiger partial charge on any atom is 0.250 e. The van der Waals surface area contributed by atoms with E-state index in [1.54, 1.807) is 12.1 Å². The van der Waals surface area contributed by atoms with Gasteiger partial charge in [0.25, 0.3) is 5.91 Å². The molecule has 0 unspecified atom stereocenters. The van der Waals surface area contributed by atoms with E-state index in [2.05, 4.69) is 81.7 Å². The molecule has 0 saturated carbocycles. The molecule has 1 aromatic heterocycles. The fourth-order valence-corrected chi connectivity index (χ4v) is 4.85. The van der Waals surface area contributed by atoms with Crippen molar-refractivity contribution in [2.75, 3.05) is 12.9 Å². The number of hydrogen-bond acceptors (Lipinski definition) is 7. The molecular weight excluding hydrogens is 566 g/mol. The Morgan fingerprint density at radius 1 is 1.13 bits per heavy atom. The number of hydrogen-bond donors (Lipinski definition) is 2. The number of carbonyl (C=O) groups excluding carboxylic acids is 1. The molecule has 0 aliphatic rings. The average Bonchev–Trinajstić information content (AvgIpc) is 3.33. The maximum atomic E-state index is 12.5. The Labute approximate surface area is 234 Å². The minimum absolute atomic E-state index is 0.00266. The van der Waals surface area contributed by atoms with Gasteiger partial charge in [-0.25, -0.2) is 5.43 Å². The number of nitrogens with zero attached hydrogens (tertiary/aromatic N) is 4. The highest BCUT2D eigenvalue weighted by Gasteiger charge is 2.19. The number of nitrogens with one attached hydrogen (secondary N) is 1. The highest BCUT2D eigenvalue weighted by atomic mass is 79.9. The van der Waals surface area contributed by atoms with Crippen molar-refractivity contribution in [2.24, 2.45) is 5.10 Å². The van der Waals surface area contributed by atoms with Crippen molar-refractivity contribution in [3.8, 4) is 28.6 Å². The summed E-state index contributed by atoms with van der Waals surface area (Å²) in [6.45, 7) is 6.54. The molecule has 1 heterocycles. The summed E-state index contributed by atoms with van der Waals surface area (Å²) in [5, 5.41) is 23.4. The lowest BCUT2D eigenvalue weighted by molar-refractivity contribution is -0.118. The first-order valence-electron chi connectivity index (χ1n) is 11.8. The fraction of sp³-hybridized carbons (Fsp3) is 0.214. The average molecular weight is 595 g/mol. The molecule has 0 fully saturated rings. The topological polar surface area (TPSA) is 102 Å². The van der Waals surface area contributed by atoms with Crippen molar-refractivity contribution >= 4 is 39.8 Å². The van der Waals surface area contributed by atoms with Gasteiger partial charge in [0.05, 0.1) is 23.5 Å². The highest BCUT2D eigenvalue weighted by molar-refractivity contribution is 9.10. The lowest BCUT2D eigenvalue weighted by Gasteiger charge is -2.19. The first kappa shape index (κ1) is 27.4. The summed E-state index contributed by atoms with van der Waals surface area (Å²) in [4.78, 5) is 12.5. The number of thioether (sulfide) groups is 1. The second-order valence-electron chi connectivity index (χ2n) is 9.44. The van der Waals surface area contributed by atoms with Crippen molar-refractivity contribution in [3.05, 3.63) is 82.3 Å². The van der Waals surface area contributed by atoms with Crippen molar-refractivity contribution < 1.29 is 14.6 Å². The van der Waals surface area contributed by atoms with Crippen LogP contribution in [-0.4, -0.2) is 44.9 Å². The lowest BCUT2D eigenvalue weighted by Crippen LogP contribution is -2.20. The van der Waals surface area contributed by atoms with E-state index in [4.69, 9.17) is 4.74 Å². The third-order valence-electron chi connectivity index (χ3n) is 5.66. The van der Waals surface area contributed by atoms with Crippen LogP contribution >= 0.6 is 27.7 Å². The lowest BCUT2D eigenvalue weighted by atomic mass is 9.87. The van der Waals surface area contributed by atoms with E-state index in [-0.39, 0.29) is 22.8 Å². The summed E-state index contributed by atoms with van der Waals surface area (Å²) in [5.74, 6) is 0.788. The second kappa shape index (κ2) is 11.8. The number of benzene rings is 3. The van der Waals surface area contributed by atoms with Gasteiger partial charge in [-0.15, -0.1) is 10.2 Å². The van der Waals surface area contributed by atoms with E-state index in [9.17, 15) is 9.90 Å². The van der Waals surface area contributed by atoms with Crippen molar-refractivity contribution in [2.45, 2.75) is 31.3 Å². The Hall–Kier alpha value is -3.63. The number of methoxy groups -OCH3 is 1. The Balaban J connectivity index is 1.50. The summed E-state index contributed by atoms with van der Waals surface area (Å²) >= 11 is 4.54. The summed E-state index contributed by atoms with van der Waals surface area (Å²) in [6, 6.07) is 21.4. The van der Waals surface area contributed by atoms with Crippen LogP contribution in [0.15, 0.2) is 81.5 Å². The van der Waals surface area contributed by atoms with Gasteiger partial charge in [-0.3, -0.25) is 9.36 Å². The van der Waals surface area contributed by atoms with Gasteiger partial charge in [0, 0.05) is 11.3 Å². The second-order valence-corrected chi connectivity index (χ2v) is 11.2. The normalized spacial score (nSPS) is 11.6. The van der Waals surface area contributed by atoms with Gasteiger partial charge in [-0.1, -0.05) is 75.0 Å².